The minimum absolute atomic E-state index is 0.00792. The highest BCUT2D eigenvalue weighted by Crippen LogP contribution is 2.41. The molecular weight excluding hydrogens is 494 g/mol. The van der Waals surface area contributed by atoms with Crippen LogP contribution in [-0.4, -0.2) is 29.2 Å². The lowest BCUT2D eigenvalue weighted by atomic mass is 10.1. The predicted molar refractivity (Wildman–Crippen MR) is 155 cm³/mol. The molecule has 1 aliphatic carbocycles. The van der Waals surface area contributed by atoms with Gasteiger partial charge in [0.2, 0.25) is 0 Å². The second-order valence-corrected chi connectivity index (χ2v) is 15.9. The van der Waals surface area contributed by atoms with Crippen molar-refractivity contribution in [3.05, 3.63) is 96.0 Å². The van der Waals surface area contributed by atoms with Crippen LogP contribution in [0.5, 0.6) is 0 Å². The van der Waals surface area contributed by atoms with E-state index in [1.807, 2.05) is 25.3 Å². The molecule has 5 rings (SSSR count). The molecule has 0 unspecified atom stereocenters. The molecule has 0 radical (unpaired) electrons. The molecule has 1 saturated carbocycles. The maximum absolute atomic E-state index is 7.39. The summed E-state index contributed by atoms with van der Waals surface area (Å²) in [5.41, 5.74) is 2.85. The minimum Gasteiger partial charge on any atom is -0.404 e. The number of aromatic nitrogens is 3. The van der Waals surface area contributed by atoms with Crippen LogP contribution in [0.25, 0.3) is 11.1 Å². The van der Waals surface area contributed by atoms with Crippen LogP contribution in [0.1, 0.15) is 45.7 Å². The molecule has 4 nitrogen and oxygen atoms in total. The van der Waals surface area contributed by atoms with E-state index in [2.05, 4.69) is 102 Å². The van der Waals surface area contributed by atoms with Crippen LogP contribution in [0.4, 0.5) is 0 Å². The number of hydrogen-bond acceptors (Lipinski definition) is 3. The third-order valence-electron chi connectivity index (χ3n) is 7.63. The number of halogens is 1. The second kappa shape index (κ2) is 10.6. The lowest BCUT2D eigenvalue weighted by Crippen LogP contribution is -2.67. The van der Waals surface area contributed by atoms with Gasteiger partial charge in [0.1, 0.15) is 5.15 Å². The van der Waals surface area contributed by atoms with Crippen LogP contribution < -0.4 is 10.4 Å². The van der Waals surface area contributed by atoms with E-state index < -0.39 is 8.32 Å². The monoisotopic (exact) mass is 529 g/mol. The summed E-state index contributed by atoms with van der Waals surface area (Å²) in [7, 11) is -2.53. The Labute approximate surface area is 226 Å². The standard InChI is InChI=1S/C31H36ClN3OSi/c1-23-15-18-29(30(32)34-23)25-20-33-35(22-25)21-24-16-17-26(19-24)36-37(31(2,3)4,27-11-7-5-8-12-27)28-13-9-6-10-14-28/h5-15,18,20,22,24,26H,16-17,19,21H2,1-4H3/t24-,26+/m1/s1. The van der Waals surface area contributed by atoms with Crippen molar-refractivity contribution in [2.24, 2.45) is 5.92 Å². The van der Waals surface area contributed by atoms with Crippen molar-refractivity contribution >= 4 is 30.3 Å². The first-order valence-corrected chi connectivity index (χ1v) is 15.5. The van der Waals surface area contributed by atoms with Crippen molar-refractivity contribution in [1.29, 1.82) is 0 Å². The molecular formula is C31H36ClN3OSi. The summed E-state index contributed by atoms with van der Waals surface area (Å²) in [4.78, 5) is 4.39. The summed E-state index contributed by atoms with van der Waals surface area (Å²) in [5, 5.41) is 7.86. The zero-order valence-corrected chi connectivity index (χ0v) is 23.9. The average molecular weight is 530 g/mol. The first-order valence-electron chi connectivity index (χ1n) is 13.2. The van der Waals surface area contributed by atoms with Crippen molar-refractivity contribution in [1.82, 2.24) is 14.8 Å². The number of rotatable bonds is 7. The molecule has 0 bridgehead atoms. The zero-order chi connectivity index (χ0) is 26.0. The molecule has 192 valence electrons. The van der Waals surface area contributed by atoms with Gasteiger partial charge in [-0.2, -0.15) is 5.10 Å². The van der Waals surface area contributed by atoms with Gasteiger partial charge in [0.15, 0.2) is 0 Å². The van der Waals surface area contributed by atoms with E-state index in [0.29, 0.717) is 11.1 Å². The molecule has 1 aliphatic rings. The van der Waals surface area contributed by atoms with Crippen molar-refractivity contribution in [3.8, 4) is 11.1 Å². The summed E-state index contributed by atoms with van der Waals surface area (Å²) >= 11 is 6.40. The smallest absolute Gasteiger partial charge is 0.261 e. The van der Waals surface area contributed by atoms with Gasteiger partial charge in [-0.25, -0.2) is 4.98 Å². The summed E-state index contributed by atoms with van der Waals surface area (Å²) < 4.78 is 9.45. The Hall–Kier alpha value is -2.73. The normalized spacial score (nSPS) is 18.3. The van der Waals surface area contributed by atoms with Crippen LogP contribution in [0.15, 0.2) is 85.2 Å². The molecule has 0 amide bonds. The molecule has 4 aromatic rings. The first kappa shape index (κ1) is 25.9. The first-order chi connectivity index (χ1) is 17.8. The van der Waals surface area contributed by atoms with Crippen molar-refractivity contribution in [3.63, 3.8) is 0 Å². The maximum atomic E-state index is 7.39. The highest BCUT2D eigenvalue weighted by Gasteiger charge is 2.52. The van der Waals surface area contributed by atoms with Gasteiger partial charge in [0.05, 0.1) is 6.20 Å². The van der Waals surface area contributed by atoms with Crippen LogP contribution in [0, 0.1) is 12.8 Å². The van der Waals surface area contributed by atoms with Gasteiger partial charge in [-0.1, -0.05) is 93.0 Å². The summed E-state index contributed by atoms with van der Waals surface area (Å²) in [6.45, 7) is 9.88. The van der Waals surface area contributed by atoms with E-state index in [4.69, 9.17) is 16.0 Å². The molecule has 2 aromatic heterocycles. The Kier molecular flexibility index (Phi) is 7.39. The molecule has 2 aromatic carbocycles. The van der Waals surface area contributed by atoms with Gasteiger partial charge in [0.25, 0.3) is 8.32 Å². The molecule has 0 aliphatic heterocycles. The molecule has 2 atom stereocenters. The van der Waals surface area contributed by atoms with Gasteiger partial charge in [-0.3, -0.25) is 4.68 Å². The topological polar surface area (TPSA) is 39.9 Å². The fourth-order valence-corrected chi connectivity index (χ4v) is 10.9. The van der Waals surface area contributed by atoms with Gasteiger partial charge < -0.3 is 4.43 Å². The Morgan fingerprint density at radius 3 is 2.19 bits per heavy atom. The van der Waals surface area contributed by atoms with Crippen LogP contribution in [0.2, 0.25) is 10.2 Å². The summed E-state index contributed by atoms with van der Waals surface area (Å²) in [6.07, 6.45) is 7.49. The maximum Gasteiger partial charge on any atom is 0.261 e. The van der Waals surface area contributed by atoms with E-state index in [-0.39, 0.29) is 11.1 Å². The molecule has 2 heterocycles. The number of benzene rings is 2. The minimum atomic E-state index is -2.53. The van der Waals surface area contributed by atoms with Gasteiger partial charge >= 0.3 is 0 Å². The fraction of sp³-hybridized carbons (Fsp3) is 0.355. The van der Waals surface area contributed by atoms with Crippen LogP contribution in [-0.2, 0) is 11.0 Å². The van der Waals surface area contributed by atoms with E-state index in [1.165, 1.54) is 10.4 Å². The summed E-state index contributed by atoms with van der Waals surface area (Å²) in [5.74, 6) is 0.530. The lowest BCUT2D eigenvalue weighted by molar-refractivity contribution is 0.187. The Balaban J connectivity index is 1.36. The third-order valence-corrected chi connectivity index (χ3v) is 13.0. The second-order valence-electron chi connectivity index (χ2n) is 11.3. The summed E-state index contributed by atoms with van der Waals surface area (Å²) in [6, 6.07) is 25.9. The predicted octanol–water partition coefficient (Wildman–Crippen LogP) is 6.65. The van der Waals surface area contributed by atoms with Crippen LogP contribution in [0.3, 0.4) is 0 Å². The van der Waals surface area contributed by atoms with Crippen molar-refractivity contribution in [2.45, 2.75) is 64.6 Å². The Morgan fingerprint density at radius 2 is 1.59 bits per heavy atom. The number of nitrogens with zero attached hydrogens (tertiary/aromatic N) is 3. The van der Waals surface area contributed by atoms with Crippen LogP contribution >= 0.6 is 11.6 Å². The molecule has 37 heavy (non-hydrogen) atoms. The van der Waals surface area contributed by atoms with E-state index >= 15 is 0 Å². The molecule has 0 N–H and O–H groups in total. The van der Waals surface area contributed by atoms with Gasteiger partial charge in [-0.15, -0.1) is 0 Å². The largest absolute Gasteiger partial charge is 0.404 e. The molecule has 1 fully saturated rings. The SMILES string of the molecule is Cc1ccc(-c2cnn(C[C@@H]3CC[C@H](O[Si](c4ccccc4)(c4ccccc4)C(C)(C)C)C3)c2)c(Cl)n1. The fourth-order valence-electron chi connectivity index (χ4n) is 5.85. The number of hydrogen-bond donors (Lipinski definition) is 0. The number of aryl methyl sites for hydroxylation is 1. The van der Waals surface area contributed by atoms with E-state index in [9.17, 15) is 0 Å². The Morgan fingerprint density at radius 1 is 0.946 bits per heavy atom. The lowest BCUT2D eigenvalue weighted by Gasteiger charge is -2.44. The third kappa shape index (κ3) is 5.31. The van der Waals surface area contributed by atoms with Crippen molar-refractivity contribution < 1.29 is 4.43 Å². The van der Waals surface area contributed by atoms with Gasteiger partial charge in [0, 0.05) is 35.7 Å². The average Bonchev–Trinajstić information content (AvgIpc) is 3.52. The molecule has 6 heteroatoms. The van der Waals surface area contributed by atoms with Gasteiger partial charge in [-0.05, 0) is 59.6 Å². The van der Waals surface area contributed by atoms with E-state index in [1.54, 1.807) is 0 Å². The highest BCUT2D eigenvalue weighted by molar-refractivity contribution is 6.99. The number of pyridine rings is 1. The zero-order valence-electron chi connectivity index (χ0n) is 22.2. The molecule has 0 saturated heterocycles. The highest BCUT2D eigenvalue weighted by atomic mass is 35.5. The van der Waals surface area contributed by atoms with E-state index in [0.717, 1.165) is 42.6 Å². The van der Waals surface area contributed by atoms with Crippen molar-refractivity contribution in [2.75, 3.05) is 0 Å². The molecule has 0 spiro atoms. The Bertz CT molecular complexity index is 1290. The quantitative estimate of drug-likeness (QED) is 0.199.